The number of carbonyl (C=O) groups is 1. The summed E-state index contributed by atoms with van der Waals surface area (Å²) in [7, 11) is 1.69. The highest BCUT2D eigenvalue weighted by molar-refractivity contribution is 6.04. The number of hydrogen-bond donors (Lipinski definition) is 0. The van der Waals surface area contributed by atoms with Gasteiger partial charge in [0.25, 0.3) is 5.91 Å². The molecule has 1 aliphatic rings. The van der Waals surface area contributed by atoms with E-state index in [4.69, 9.17) is 13.8 Å². The van der Waals surface area contributed by atoms with Crippen molar-refractivity contribution >= 4 is 11.7 Å². The minimum Gasteiger partial charge on any atom is -0.378 e. The van der Waals surface area contributed by atoms with Crippen LogP contribution < -0.4 is 4.90 Å². The predicted molar refractivity (Wildman–Crippen MR) is 99.8 cm³/mol. The molecule has 0 spiro atoms. The fourth-order valence-electron chi connectivity index (χ4n) is 3.12. The molecule has 0 N–H and O–H groups in total. The molecule has 0 bridgehead atoms. The molecule has 1 saturated heterocycles. The van der Waals surface area contributed by atoms with Gasteiger partial charge >= 0.3 is 0 Å². The van der Waals surface area contributed by atoms with Crippen LogP contribution in [0.3, 0.4) is 0 Å². The SMILES string of the molecule is Cc1noc(CN(C)C(=O)c2c(N3CCOCC3)noc2-c2ccccc2)n1. The number of amides is 1. The van der Waals surface area contributed by atoms with Crippen molar-refractivity contribution in [3.05, 3.63) is 47.6 Å². The van der Waals surface area contributed by atoms with Crippen LogP contribution in [0.2, 0.25) is 0 Å². The van der Waals surface area contributed by atoms with Crippen LogP contribution in [0.15, 0.2) is 39.4 Å². The standard InChI is InChI=1S/C19H21N5O4/c1-13-20-15(27-21-13)12-23(2)19(25)16-17(14-6-4-3-5-7-14)28-22-18(16)24-8-10-26-11-9-24/h3-7H,8-12H2,1-2H3. The number of aromatic nitrogens is 3. The highest BCUT2D eigenvalue weighted by Crippen LogP contribution is 2.33. The summed E-state index contributed by atoms with van der Waals surface area (Å²) in [5.74, 6) is 1.65. The Hall–Kier alpha value is -3.20. The summed E-state index contributed by atoms with van der Waals surface area (Å²) in [6.07, 6.45) is 0. The Kier molecular flexibility index (Phi) is 5.07. The van der Waals surface area contributed by atoms with Crippen molar-refractivity contribution in [2.75, 3.05) is 38.3 Å². The second-order valence-corrected chi connectivity index (χ2v) is 6.57. The Balaban J connectivity index is 1.69. The maximum Gasteiger partial charge on any atom is 0.261 e. The first-order valence-electron chi connectivity index (χ1n) is 9.06. The van der Waals surface area contributed by atoms with E-state index in [0.29, 0.717) is 55.2 Å². The molecule has 3 heterocycles. The van der Waals surface area contributed by atoms with E-state index in [2.05, 4.69) is 15.3 Å². The largest absolute Gasteiger partial charge is 0.378 e. The third-order valence-corrected chi connectivity index (χ3v) is 4.52. The summed E-state index contributed by atoms with van der Waals surface area (Å²) in [5.41, 5.74) is 1.21. The molecule has 1 amide bonds. The highest BCUT2D eigenvalue weighted by Gasteiger charge is 2.31. The molecular formula is C19H21N5O4. The van der Waals surface area contributed by atoms with Gasteiger partial charge in [-0.1, -0.05) is 40.6 Å². The van der Waals surface area contributed by atoms with Crippen molar-refractivity contribution in [1.82, 2.24) is 20.2 Å². The Labute approximate surface area is 161 Å². The third kappa shape index (κ3) is 3.61. The Morgan fingerprint density at radius 3 is 2.57 bits per heavy atom. The van der Waals surface area contributed by atoms with Crippen LogP contribution in [0.4, 0.5) is 5.82 Å². The van der Waals surface area contributed by atoms with Crippen molar-refractivity contribution in [2.24, 2.45) is 0 Å². The van der Waals surface area contributed by atoms with Crippen molar-refractivity contribution in [2.45, 2.75) is 13.5 Å². The van der Waals surface area contributed by atoms with E-state index in [-0.39, 0.29) is 12.5 Å². The van der Waals surface area contributed by atoms with Gasteiger partial charge in [-0.05, 0) is 6.92 Å². The van der Waals surface area contributed by atoms with E-state index < -0.39 is 0 Å². The molecule has 4 rings (SSSR count). The fourth-order valence-corrected chi connectivity index (χ4v) is 3.12. The number of carbonyl (C=O) groups excluding carboxylic acids is 1. The number of anilines is 1. The van der Waals surface area contributed by atoms with E-state index in [1.807, 2.05) is 35.2 Å². The topological polar surface area (TPSA) is 97.7 Å². The van der Waals surface area contributed by atoms with E-state index in [1.54, 1.807) is 14.0 Å². The van der Waals surface area contributed by atoms with Gasteiger partial charge < -0.3 is 23.6 Å². The van der Waals surface area contributed by atoms with Gasteiger partial charge in [-0.25, -0.2) is 0 Å². The lowest BCUT2D eigenvalue weighted by molar-refractivity contribution is 0.0769. The lowest BCUT2D eigenvalue weighted by atomic mass is 10.1. The minimum atomic E-state index is -0.225. The summed E-state index contributed by atoms with van der Waals surface area (Å²) >= 11 is 0. The zero-order valence-electron chi connectivity index (χ0n) is 15.8. The van der Waals surface area contributed by atoms with Crippen LogP contribution in [-0.2, 0) is 11.3 Å². The van der Waals surface area contributed by atoms with Crippen LogP contribution in [0, 0.1) is 6.92 Å². The first-order chi connectivity index (χ1) is 13.6. The number of nitrogens with zero attached hydrogens (tertiary/aromatic N) is 5. The molecule has 1 aliphatic heterocycles. The average Bonchev–Trinajstić information content (AvgIpc) is 3.35. The molecule has 0 atom stereocenters. The van der Waals surface area contributed by atoms with Crippen molar-refractivity contribution in [3.63, 3.8) is 0 Å². The van der Waals surface area contributed by atoms with Gasteiger partial charge in [0.2, 0.25) is 5.89 Å². The normalized spacial score (nSPS) is 14.3. The summed E-state index contributed by atoms with van der Waals surface area (Å²) in [5, 5.41) is 8.00. The van der Waals surface area contributed by atoms with E-state index in [1.165, 1.54) is 4.90 Å². The van der Waals surface area contributed by atoms with Gasteiger partial charge in [-0.2, -0.15) is 4.98 Å². The summed E-state index contributed by atoms with van der Waals surface area (Å²) in [6, 6.07) is 9.48. The molecular weight excluding hydrogens is 362 g/mol. The van der Waals surface area contributed by atoms with Gasteiger partial charge in [0.05, 0.1) is 19.8 Å². The quantitative estimate of drug-likeness (QED) is 0.661. The Morgan fingerprint density at radius 1 is 1.14 bits per heavy atom. The van der Waals surface area contributed by atoms with Crippen LogP contribution in [0.5, 0.6) is 0 Å². The molecule has 146 valence electrons. The number of hydrogen-bond acceptors (Lipinski definition) is 8. The zero-order chi connectivity index (χ0) is 19.5. The summed E-state index contributed by atoms with van der Waals surface area (Å²) < 4.78 is 16.2. The number of morpholine rings is 1. The molecule has 2 aromatic heterocycles. The maximum atomic E-state index is 13.4. The fraction of sp³-hybridized carbons (Fsp3) is 0.368. The molecule has 3 aromatic rings. The molecule has 1 aromatic carbocycles. The first kappa shape index (κ1) is 18.2. The van der Waals surface area contributed by atoms with E-state index in [0.717, 1.165) is 5.56 Å². The van der Waals surface area contributed by atoms with Crippen LogP contribution in [0.25, 0.3) is 11.3 Å². The monoisotopic (exact) mass is 383 g/mol. The second kappa shape index (κ2) is 7.81. The molecule has 0 saturated carbocycles. The average molecular weight is 383 g/mol. The first-order valence-corrected chi connectivity index (χ1v) is 9.06. The lowest BCUT2D eigenvalue weighted by Gasteiger charge is -2.27. The van der Waals surface area contributed by atoms with Crippen molar-refractivity contribution in [1.29, 1.82) is 0 Å². The number of ether oxygens (including phenoxy) is 1. The maximum absolute atomic E-state index is 13.4. The molecule has 9 nitrogen and oxygen atoms in total. The second-order valence-electron chi connectivity index (χ2n) is 6.57. The molecule has 1 fully saturated rings. The van der Waals surface area contributed by atoms with Gasteiger partial charge in [0, 0.05) is 25.7 Å². The van der Waals surface area contributed by atoms with E-state index >= 15 is 0 Å². The van der Waals surface area contributed by atoms with Gasteiger partial charge in [-0.15, -0.1) is 0 Å². The summed E-state index contributed by atoms with van der Waals surface area (Å²) in [6.45, 7) is 4.39. The molecule has 28 heavy (non-hydrogen) atoms. The van der Waals surface area contributed by atoms with Crippen LogP contribution >= 0.6 is 0 Å². The predicted octanol–water partition coefficient (Wildman–Crippen LogP) is 2.14. The molecule has 0 unspecified atom stereocenters. The molecule has 0 radical (unpaired) electrons. The zero-order valence-corrected chi connectivity index (χ0v) is 15.8. The molecule has 0 aliphatic carbocycles. The van der Waals surface area contributed by atoms with Crippen molar-refractivity contribution < 1.29 is 18.6 Å². The number of benzene rings is 1. The number of rotatable bonds is 5. The smallest absolute Gasteiger partial charge is 0.261 e. The lowest BCUT2D eigenvalue weighted by Crippen LogP contribution is -2.38. The highest BCUT2D eigenvalue weighted by atomic mass is 16.5. The Morgan fingerprint density at radius 2 is 1.89 bits per heavy atom. The van der Waals surface area contributed by atoms with Crippen LogP contribution in [0.1, 0.15) is 22.1 Å². The van der Waals surface area contributed by atoms with Gasteiger partial charge in [0.15, 0.2) is 17.4 Å². The van der Waals surface area contributed by atoms with Gasteiger partial charge in [0.1, 0.15) is 5.56 Å². The molecule has 9 heteroatoms. The third-order valence-electron chi connectivity index (χ3n) is 4.52. The van der Waals surface area contributed by atoms with Crippen molar-refractivity contribution in [3.8, 4) is 11.3 Å². The Bertz CT molecular complexity index is 946. The van der Waals surface area contributed by atoms with E-state index in [9.17, 15) is 4.79 Å². The van der Waals surface area contributed by atoms with Crippen LogP contribution in [-0.4, -0.2) is 59.5 Å². The summed E-state index contributed by atoms with van der Waals surface area (Å²) in [4.78, 5) is 21.1. The minimum absolute atomic E-state index is 0.196. The van der Waals surface area contributed by atoms with Gasteiger partial charge in [-0.3, -0.25) is 4.79 Å². The number of aryl methyl sites for hydroxylation is 1.